The van der Waals surface area contributed by atoms with E-state index >= 15 is 0 Å². The molecule has 0 atom stereocenters. The molecule has 3 aromatic heterocycles. The fourth-order valence-corrected chi connectivity index (χ4v) is 5.29. The van der Waals surface area contributed by atoms with E-state index in [1.807, 2.05) is 18.3 Å². The number of nitrogens with one attached hydrogen (secondary N) is 1. The average molecular weight is 510 g/mol. The van der Waals surface area contributed by atoms with Gasteiger partial charge in [0.25, 0.3) is 0 Å². The number of halogens is 1. The minimum atomic E-state index is -0.416. The molecule has 0 spiro atoms. The quantitative estimate of drug-likeness (QED) is 0.307. The lowest BCUT2D eigenvalue weighted by molar-refractivity contribution is 0.0600. The number of carbonyl (C=O) groups excluding carboxylic acids is 1. The number of aryl methyl sites for hydroxylation is 1. The number of H-pyrrole nitrogens is 1. The fraction of sp³-hybridized carbons (Fsp3) is 0.233. The number of para-hydroxylation sites is 1. The molecule has 0 fully saturated rings. The molecule has 7 nitrogen and oxygen atoms in total. The van der Waals surface area contributed by atoms with Crippen LogP contribution in [-0.2, 0) is 37.2 Å². The largest absolute Gasteiger partial charge is 0.465 e. The van der Waals surface area contributed by atoms with Crippen molar-refractivity contribution in [3.05, 3.63) is 107 Å². The Labute approximate surface area is 219 Å². The molecule has 0 bridgehead atoms. The fourth-order valence-electron chi connectivity index (χ4n) is 5.29. The van der Waals surface area contributed by atoms with E-state index in [0.29, 0.717) is 30.0 Å². The maximum atomic E-state index is 13.4. The molecule has 0 radical (unpaired) electrons. The number of esters is 1. The van der Waals surface area contributed by atoms with Crippen LogP contribution in [0, 0.1) is 5.82 Å². The van der Waals surface area contributed by atoms with E-state index in [0.717, 1.165) is 37.3 Å². The summed E-state index contributed by atoms with van der Waals surface area (Å²) in [5.74, 6) is 0.0277. The van der Waals surface area contributed by atoms with Gasteiger partial charge in [-0.25, -0.2) is 14.2 Å². The number of ether oxygens (including phenoxy) is 1. The molecule has 0 aliphatic carbocycles. The van der Waals surface area contributed by atoms with Gasteiger partial charge in [0.15, 0.2) is 5.82 Å². The van der Waals surface area contributed by atoms with E-state index in [1.54, 1.807) is 18.3 Å². The van der Waals surface area contributed by atoms with Gasteiger partial charge in [-0.3, -0.25) is 9.88 Å². The maximum Gasteiger partial charge on any atom is 0.337 e. The Morgan fingerprint density at radius 3 is 2.79 bits per heavy atom. The van der Waals surface area contributed by atoms with Crippen molar-refractivity contribution >= 4 is 16.9 Å². The Bertz CT molecular complexity index is 1610. The molecule has 4 heterocycles. The van der Waals surface area contributed by atoms with Crippen LogP contribution in [0.2, 0.25) is 0 Å². The number of hydrogen-bond acceptors (Lipinski definition) is 5. The van der Waals surface area contributed by atoms with Crippen LogP contribution in [0.1, 0.15) is 32.9 Å². The summed E-state index contributed by atoms with van der Waals surface area (Å²) in [6, 6.07) is 18.4. The number of aromatic nitrogens is 4. The third-order valence-corrected chi connectivity index (χ3v) is 7.23. The van der Waals surface area contributed by atoms with Crippen LogP contribution < -0.4 is 0 Å². The highest BCUT2D eigenvalue weighted by molar-refractivity contribution is 5.90. The Kier molecular flexibility index (Phi) is 6.47. The summed E-state index contributed by atoms with van der Waals surface area (Å²) in [6.45, 7) is 3.15. The second-order valence-electron chi connectivity index (χ2n) is 9.61. The van der Waals surface area contributed by atoms with Crippen LogP contribution in [0.5, 0.6) is 0 Å². The summed E-state index contributed by atoms with van der Waals surface area (Å²) in [4.78, 5) is 27.4. The molecule has 5 aromatic rings. The van der Waals surface area contributed by atoms with Gasteiger partial charge >= 0.3 is 5.97 Å². The first-order chi connectivity index (χ1) is 18.6. The van der Waals surface area contributed by atoms with E-state index in [-0.39, 0.29) is 5.82 Å². The SMILES string of the molecule is COC(=O)c1ccnc(-c2ncc(CN3CCc4c([nH]c5ccccc45)C3)n2CCc2ccc(F)cc2)c1. The van der Waals surface area contributed by atoms with Crippen LogP contribution in [0.25, 0.3) is 22.4 Å². The van der Waals surface area contributed by atoms with Crippen LogP contribution in [-0.4, -0.2) is 44.0 Å². The molecule has 1 N–H and O–H groups in total. The number of rotatable bonds is 7. The van der Waals surface area contributed by atoms with Crippen molar-refractivity contribution in [2.75, 3.05) is 13.7 Å². The van der Waals surface area contributed by atoms with Gasteiger partial charge < -0.3 is 14.3 Å². The van der Waals surface area contributed by atoms with E-state index in [4.69, 9.17) is 9.72 Å². The van der Waals surface area contributed by atoms with Gasteiger partial charge in [-0.15, -0.1) is 0 Å². The average Bonchev–Trinajstić information content (AvgIpc) is 3.53. The molecule has 0 saturated heterocycles. The molecule has 1 aliphatic heterocycles. The van der Waals surface area contributed by atoms with Gasteiger partial charge in [0.2, 0.25) is 0 Å². The zero-order valence-electron chi connectivity index (χ0n) is 21.2. The smallest absolute Gasteiger partial charge is 0.337 e. The summed E-state index contributed by atoms with van der Waals surface area (Å²) >= 11 is 0. The molecule has 2 aromatic carbocycles. The van der Waals surface area contributed by atoms with Crippen molar-refractivity contribution in [3.8, 4) is 11.5 Å². The van der Waals surface area contributed by atoms with Gasteiger partial charge in [-0.2, -0.15) is 0 Å². The molecule has 0 unspecified atom stereocenters. The van der Waals surface area contributed by atoms with E-state index in [1.165, 1.54) is 41.4 Å². The highest BCUT2D eigenvalue weighted by Gasteiger charge is 2.23. The lowest BCUT2D eigenvalue weighted by Gasteiger charge is -2.27. The van der Waals surface area contributed by atoms with Crippen molar-refractivity contribution < 1.29 is 13.9 Å². The number of benzene rings is 2. The first-order valence-electron chi connectivity index (χ1n) is 12.7. The Morgan fingerprint density at radius 1 is 1.11 bits per heavy atom. The summed E-state index contributed by atoms with van der Waals surface area (Å²) in [5, 5.41) is 1.31. The number of pyridine rings is 1. The summed E-state index contributed by atoms with van der Waals surface area (Å²) in [5.41, 5.74) is 6.99. The van der Waals surface area contributed by atoms with Crippen LogP contribution in [0.15, 0.2) is 73.1 Å². The molecule has 38 heavy (non-hydrogen) atoms. The zero-order chi connectivity index (χ0) is 26.1. The number of nitrogens with zero attached hydrogens (tertiary/aromatic N) is 4. The highest BCUT2D eigenvalue weighted by atomic mass is 19.1. The Balaban J connectivity index is 1.30. The number of fused-ring (bicyclic) bond motifs is 3. The second kappa shape index (κ2) is 10.2. The topological polar surface area (TPSA) is 76.0 Å². The molecule has 1 aliphatic rings. The lowest BCUT2D eigenvalue weighted by Crippen LogP contribution is -2.30. The molecule has 0 amide bonds. The van der Waals surface area contributed by atoms with Gasteiger partial charge in [0.1, 0.15) is 11.5 Å². The predicted octanol–water partition coefficient (Wildman–Crippen LogP) is 5.15. The van der Waals surface area contributed by atoms with Crippen LogP contribution >= 0.6 is 0 Å². The normalized spacial score (nSPS) is 13.5. The van der Waals surface area contributed by atoms with Gasteiger partial charge in [-0.05, 0) is 54.3 Å². The van der Waals surface area contributed by atoms with Crippen molar-refractivity contribution in [1.82, 2.24) is 24.4 Å². The third-order valence-electron chi connectivity index (χ3n) is 7.23. The van der Waals surface area contributed by atoms with Crippen molar-refractivity contribution in [2.24, 2.45) is 0 Å². The van der Waals surface area contributed by atoms with E-state index < -0.39 is 5.97 Å². The van der Waals surface area contributed by atoms with Crippen LogP contribution in [0.4, 0.5) is 4.39 Å². The first-order valence-corrected chi connectivity index (χ1v) is 12.7. The summed E-state index contributed by atoms with van der Waals surface area (Å²) in [7, 11) is 1.36. The summed E-state index contributed by atoms with van der Waals surface area (Å²) < 4.78 is 20.5. The number of imidazole rings is 1. The van der Waals surface area contributed by atoms with Crippen molar-refractivity contribution in [2.45, 2.75) is 32.5 Å². The number of carbonyl (C=O) groups is 1. The molecule has 6 rings (SSSR count). The molecule has 8 heteroatoms. The van der Waals surface area contributed by atoms with E-state index in [9.17, 15) is 9.18 Å². The van der Waals surface area contributed by atoms with Gasteiger partial charge in [0, 0.05) is 49.0 Å². The van der Waals surface area contributed by atoms with Gasteiger partial charge in [0.05, 0.1) is 24.6 Å². The first kappa shape index (κ1) is 24.1. The lowest BCUT2D eigenvalue weighted by atomic mass is 10.0. The van der Waals surface area contributed by atoms with E-state index in [2.05, 4.69) is 43.7 Å². The predicted molar refractivity (Wildman–Crippen MR) is 143 cm³/mol. The standard InChI is InChI=1S/C30H28FN5O2/c1-38-30(37)21-10-13-32-27(16-21)29-33-17-23(36(29)15-11-20-6-8-22(31)9-7-20)18-35-14-12-25-24-4-2-3-5-26(24)34-28(25)19-35/h2-10,13,16-17,34H,11-12,14-15,18-19H2,1H3. The highest BCUT2D eigenvalue weighted by Crippen LogP contribution is 2.29. The minimum absolute atomic E-state index is 0.247. The molecular weight excluding hydrogens is 481 g/mol. The second-order valence-corrected chi connectivity index (χ2v) is 9.61. The zero-order valence-corrected chi connectivity index (χ0v) is 21.2. The molecular formula is C30H28FN5O2. The number of hydrogen-bond donors (Lipinski definition) is 1. The molecule has 192 valence electrons. The monoisotopic (exact) mass is 509 g/mol. The van der Waals surface area contributed by atoms with Crippen LogP contribution in [0.3, 0.4) is 0 Å². The minimum Gasteiger partial charge on any atom is -0.465 e. The Hall–Kier alpha value is -4.30. The molecule has 0 saturated carbocycles. The van der Waals surface area contributed by atoms with Gasteiger partial charge in [-0.1, -0.05) is 30.3 Å². The number of methoxy groups -OCH3 is 1. The van der Waals surface area contributed by atoms with Crippen molar-refractivity contribution in [1.29, 1.82) is 0 Å². The van der Waals surface area contributed by atoms with Crippen molar-refractivity contribution in [3.63, 3.8) is 0 Å². The third kappa shape index (κ3) is 4.70. The Morgan fingerprint density at radius 2 is 1.95 bits per heavy atom. The number of aromatic amines is 1. The summed E-state index contributed by atoms with van der Waals surface area (Å²) in [6.07, 6.45) is 5.19. The maximum absolute atomic E-state index is 13.4.